The summed E-state index contributed by atoms with van der Waals surface area (Å²) in [6.45, 7) is 0.285. The fourth-order valence-corrected chi connectivity index (χ4v) is 5.25. The Hall–Kier alpha value is -4.66. The van der Waals surface area contributed by atoms with E-state index in [0.717, 1.165) is 4.90 Å². The number of halogens is 1. The number of thioether (sulfide) groups is 1. The van der Waals surface area contributed by atoms with Gasteiger partial charge < -0.3 is 10.6 Å². The number of carbonyl (C=O) groups is 4. The third-order valence-corrected chi connectivity index (χ3v) is 7.64. The minimum absolute atomic E-state index is 0.0337. The van der Waals surface area contributed by atoms with Crippen molar-refractivity contribution in [2.24, 2.45) is 0 Å². The van der Waals surface area contributed by atoms with Crippen LogP contribution in [0.15, 0.2) is 114 Å². The molecule has 1 heterocycles. The molecule has 0 radical (unpaired) electrons. The number of benzene rings is 4. The average Bonchev–Trinajstić information content (AvgIpc) is 3.24. The Balaban J connectivity index is 1.22. The van der Waals surface area contributed by atoms with Crippen molar-refractivity contribution in [1.82, 2.24) is 10.2 Å². The Morgan fingerprint density at radius 1 is 0.780 bits per heavy atom. The summed E-state index contributed by atoms with van der Waals surface area (Å²) >= 11 is 7.79. The normalized spacial score (nSPS) is 12.7. The van der Waals surface area contributed by atoms with Gasteiger partial charge in [0.2, 0.25) is 0 Å². The van der Waals surface area contributed by atoms with Crippen molar-refractivity contribution in [3.05, 3.63) is 136 Å². The van der Waals surface area contributed by atoms with Crippen LogP contribution in [0.4, 0.5) is 5.69 Å². The van der Waals surface area contributed by atoms with Gasteiger partial charge in [-0.2, -0.15) is 0 Å². The predicted octanol–water partition coefficient (Wildman–Crippen LogP) is 6.14. The van der Waals surface area contributed by atoms with E-state index in [0.29, 0.717) is 38.7 Å². The number of hydrogen-bond donors (Lipinski definition) is 2. The zero-order valence-electron chi connectivity index (χ0n) is 21.7. The molecule has 0 saturated carbocycles. The summed E-state index contributed by atoms with van der Waals surface area (Å²) in [4.78, 5) is 53.3. The SMILES string of the molecule is O=C(Nc1ccc(SCCN2C(=O)c3ccccc3C2=O)cc1)/C(=C/c1ccccc1Cl)NC(=O)c1ccccc1. The minimum Gasteiger partial charge on any atom is -0.321 e. The molecule has 0 spiro atoms. The van der Waals surface area contributed by atoms with Crippen molar-refractivity contribution in [1.29, 1.82) is 0 Å². The Kier molecular flexibility index (Phi) is 8.62. The van der Waals surface area contributed by atoms with Crippen molar-refractivity contribution >= 4 is 58.8 Å². The first-order valence-corrected chi connectivity index (χ1v) is 14.1. The van der Waals surface area contributed by atoms with Crippen LogP contribution in [0.3, 0.4) is 0 Å². The van der Waals surface area contributed by atoms with Crippen LogP contribution in [0.2, 0.25) is 5.02 Å². The Labute approximate surface area is 246 Å². The van der Waals surface area contributed by atoms with Crippen LogP contribution in [0.1, 0.15) is 36.6 Å². The summed E-state index contributed by atoms with van der Waals surface area (Å²) < 4.78 is 0. The van der Waals surface area contributed by atoms with Gasteiger partial charge in [-0.05, 0) is 66.2 Å². The summed E-state index contributed by atoms with van der Waals surface area (Å²) in [6.07, 6.45) is 1.53. The number of carbonyl (C=O) groups excluding carboxylic acids is 4. The molecule has 204 valence electrons. The average molecular weight is 582 g/mol. The maximum Gasteiger partial charge on any atom is 0.272 e. The molecule has 9 heteroatoms. The third kappa shape index (κ3) is 6.57. The summed E-state index contributed by atoms with van der Waals surface area (Å²) in [5, 5.41) is 5.95. The first-order chi connectivity index (χ1) is 19.9. The highest BCUT2D eigenvalue weighted by Gasteiger charge is 2.34. The summed E-state index contributed by atoms with van der Waals surface area (Å²) in [5.41, 5.74) is 2.42. The number of imide groups is 1. The molecule has 41 heavy (non-hydrogen) atoms. The second-order valence-corrected chi connectivity index (χ2v) is 10.6. The van der Waals surface area contributed by atoms with E-state index in [-0.39, 0.29) is 24.1 Å². The standard InChI is InChI=1S/C32H24ClN3O4S/c33-27-13-7-4-10-22(27)20-28(35-29(37)21-8-2-1-3-9-21)30(38)34-23-14-16-24(17-15-23)41-19-18-36-31(39)25-11-5-6-12-26(25)32(36)40/h1-17,20H,18-19H2,(H,34,38)(H,35,37)/b28-20-. The number of amides is 4. The molecule has 0 aliphatic carbocycles. The minimum atomic E-state index is -0.514. The van der Waals surface area contributed by atoms with Crippen LogP contribution >= 0.6 is 23.4 Å². The van der Waals surface area contributed by atoms with Gasteiger partial charge in [-0.3, -0.25) is 24.1 Å². The van der Waals surface area contributed by atoms with E-state index in [1.165, 1.54) is 22.7 Å². The first-order valence-electron chi connectivity index (χ1n) is 12.7. The fourth-order valence-electron chi connectivity index (χ4n) is 4.22. The van der Waals surface area contributed by atoms with Crippen LogP contribution < -0.4 is 10.6 Å². The molecule has 4 aromatic rings. The van der Waals surface area contributed by atoms with Gasteiger partial charge >= 0.3 is 0 Å². The molecule has 2 N–H and O–H groups in total. The molecule has 0 atom stereocenters. The number of rotatable bonds is 9. The van der Waals surface area contributed by atoms with E-state index in [4.69, 9.17) is 11.6 Å². The van der Waals surface area contributed by atoms with Gasteiger partial charge in [0.05, 0.1) is 11.1 Å². The maximum absolute atomic E-state index is 13.2. The number of nitrogens with one attached hydrogen (secondary N) is 2. The molecule has 0 bridgehead atoms. The van der Waals surface area contributed by atoms with Crippen molar-refractivity contribution in [2.45, 2.75) is 4.90 Å². The van der Waals surface area contributed by atoms with Crippen molar-refractivity contribution in [3.8, 4) is 0 Å². The van der Waals surface area contributed by atoms with E-state index in [1.807, 2.05) is 12.1 Å². The van der Waals surface area contributed by atoms with Crippen LogP contribution in [0.25, 0.3) is 6.08 Å². The third-order valence-electron chi connectivity index (χ3n) is 6.31. The molecule has 0 unspecified atom stereocenters. The number of anilines is 1. The number of nitrogens with zero attached hydrogens (tertiary/aromatic N) is 1. The van der Waals surface area contributed by atoms with Gasteiger partial charge in [0.15, 0.2) is 0 Å². The highest BCUT2D eigenvalue weighted by atomic mass is 35.5. The van der Waals surface area contributed by atoms with Gasteiger partial charge in [0, 0.05) is 33.5 Å². The quantitative estimate of drug-likeness (QED) is 0.141. The predicted molar refractivity (Wildman–Crippen MR) is 161 cm³/mol. The van der Waals surface area contributed by atoms with Gasteiger partial charge in [0.1, 0.15) is 5.70 Å². The maximum atomic E-state index is 13.2. The lowest BCUT2D eigenvalue weighted by atomic mass is 10.1. The van der Waals surface area contributed by atoms with Gasteiger partial charge in [-0.15, -0.1) is 11.8 Å². The molecule has 4 amide bonds. The summed E-state index contributed by atoms with van der Waals surface area (Å²) in [6, 6.07) is 29.6. The van der Waals surface area contributed by atoms with Crippen LogP contribution in [0.5, 0.6) is 0 Å². The molecule has 0 aromatic heterocycles. The second-order valence-electron chi connectivity index (χ2n) is 9.03. The first kappa shape index (κ1) is 27.9. The van der Waals surface area contributed by atoms with Crippen LogP contribution in [0, 0.1) is 0 Å². The fraction of sp³-hybridized carbons (Fsp3) is 0.0625. The highest BCUT2D eigenvalue weighted by molar-refractivity contribution is 7.99. The topological polar surface area (TPSA) is 95.6 Å². The zero-order valence-corrected chi connectivity index (χ0v) is 23.2. The molecule has 5 rings (SSSR count). The van der Waals surface area contributed by atoms with Gasteiger partial charge in [-0.25, -0.2) is 0 Å². The van der Waals surface area contributed by atoms with E-state index < -0.39 is 11.8 Å². The Morgan fingerprint density at radius 2 is 1.39 bits per heavy atom. The van der Waals surface area contributed by atoms with Crippen molar-refractivity contribution in [3.63, 3.8) is 0 Å². The number of fused-ring (bicyclic) bond motifs is 1. The molecule has 0 fully saturated rings. The van der Waals surface area contributed by atoms with E-state index in [9.17, 15) is 19.2 Å². The van der Waals surface area contributed by atoms with E-state index in [1.54, 1.807) is 91.0 Å². The zero-order chi connectivity index (χ0) is 28.8. The molecular formula is C32H24ClN3O4S. The summed E-state index contributed by atoms with van der Waals surface area (Å²) in [5.74, 6) is -0.967. The Morgan fingerprint density at radius 3 is 2.05 bits per heavy atom. The van der Waals surface area contributed by atoms with Crippen molar-refractivity contribution in [2.75, 3.05) is 17.6 Å². The molecule has 4 aromatic carbocycles. The van der Waals surface area contributed by atoms with E-state index in [2.05, 4.69) is 10.6 Å². The van der Waals surface area contributed by atoms with E-state index >= 15 is 0 Å². The van der Waals surface area contributed by atoms with Gasteiger partial charge in [0.25, 0.3) is 23.6 Å². The summed E-state index contributed by atoms with van der Waals surface area (Å²) in [7, 11) is 0. The lowest BCUT2D eigenvalue weighted by molar-refractivity contribution is -0.113. The highest BCUT2D eigenvalue weighted by Crippen LogP contribution is 2.25. The molecule has 0 saturated heterocycles. The molecular weight excluding hydrogens is 558 g/mol. The largest absolute Gasteiger partial charge is 0.321 e. The van der Waals surface area contributed by atoms with Crippen LogP contribution in [-0.4, -0.2) is 40.8 Å². The lowest BCUT2D eigenvalue weighted by Gasteiger charge is -2.14. The lowest BCUT2D eigenvalue weighted by Crippen LogP contribution is -2.31. The Bertz CT molecular complexity index is 1620. The molecule has 7 nitrogen and oxygen atoms in total. The molecule has 1 aliphatic rings. The van der Waals surface area contributed by atoms with Gasteiger partial charge in [-0.1, -0.05) is 60.1 Å². The number of hydrogen-bond acceptors (Lipinski definition) is 5. The van der Waals surface area contributed by atoms with Crippen molar-refractivity contribution < 1.29 is 19.2 Å². The second kappa shape index (κ2) is 12.7. The smallest absolute Gasteiger partial charge is 0.272 e. The van der Waals surface area contributed by atoms with Crippen LogP contribution in [-0.2, 0) is 4.79 Å². The molecule has 1 aliphatic heterocycles. The monoisotopic (exact) mass is 581 g/mol.